The number of nitrogens with two attached hydrogens (primary N) is 1. The number of nitrogens with one attached hydrogen (secondary N) is 2. The average molecular weight is 645 g/mol. The maximum absolute atomic E-state index is 12.0. The van der Waals surface area contributed by atoms with Gasteiger partial charge in [-0.15, -0.1) is 0 Å². The highest BCUT2D eigenvalue weighted by Gasteiger charge is 2.34. The fraction of sp³-hybridized carbons (Fsp3) is 0.765. The number of phenolic OH excluding ortho intramolecular Hbond substituents is 1. The zero-order valence-corrected chi connectivity index (χ0v) is 27.5. The van der Waals surface area contributed by atoms with Crippen LogP contribution in [0, 0.1) is 17.8 Å². The SMILES string of the molecule is CC(=O)O[C@H](CCc1cc(OC2CCNCC2)c(O)cc1CO)C[C@@H](O)CC[C@@H]1CCN2C[C@H]3C[C@@H](C2)CN(CN=C(N)NC1)C3. The number of ether oxygens (including phenoxy) is 2. The maximum Gasteiger partial charge on any atom is 0.302 e. The van der Waals surface area contributed by atoms with Crippen molar-refractivity contribution in [3.05, 3.63) is 23.3 Å². The summed E-state index contributed by atoms with van der Waals surface area (Å²) in [6, 6.07) is 3.35. The van der Waals surface area contributed by atoms with Crippen molar-refractivity contribution in [2.75, 3.05) is 59.0 Å². The normalized spacial score (nSPS) is 28.6. The van der Waals surface area contributed by atoms with Crippen LogP contribution in [-0.4, -0.2) is 114 Å². The number of aliphatic imine (C=N–C) groups is 1. The first-order valence-electron chi connectivity index (χ1n) is 17.4. The number of fused-ring (bicyclic) bond motifs is 6. The van der Waals surface area contributed by atoms with E-state index in [1.165, 1.54) is 13.3 Å². The van der Waals surface area contributed by atoms with Crippen molar-refractivity contribution in [2.24, 2.45) is 28.5 Å². The second-order valence-corrected chi connectivity index (χ2v) is 14.0. The van der Waals surface area contributed by atoms with Crippen LogP contribution in [0.3, 0.4) is 0 Å². The van der Waals surface area contributed by atoms with Gasteiger partial charge in [0.2, 0.25) is 0 Å². The number of aromatic hydroxyl groups is 1. The van der Waals surface area contributed by atoms with E-state index >= 15 is 0 Å². The first-order valence-corrected chi connectivity index (χ1v) is 17.4. The van der Waals surface area contributed by atoms with Gasteiger partial charge in [-0.2, -0.15) is 0 Å². The van der Waals surface area contributed by atoms with E-state index in [-0.39, 0.29) is 24.4 Å². The molecule has 258 valence electrons. The van der Waals surface area contributed by atoms with Gasteiger partial charge in [-0.3, -0.25) is 9.69 Å². The Bertz CT molecular complexity index is 1150. The van der Waals surface area contributed by atoms with E-state index in [2.05, 4.69) is 25.4 Å². The summed E-state index contributed by atoms with van der Waals surface area (Å²) in [7, 11) is 0. The molecule has 6 rings (SSSR count). The Labute approximate surface area is 273 Å². The third kappa shape index (κ3) is 10.4. The molecule has 0 aliphatic carbocycles. The lowest BCUT2D eigenvalue weighted by Crippen LogP contribution is -2.52. The standard InChI is InChI=1S/C34H56N6O6/c1-23(42)45-31(5-3-27-14-33(32(44)13-28(27)21-41)46-30-6-9-36-10-7-30)15-29(43)4-2-24-8-11-39-17-25-12-26(18-39)20-40(19-25)22-38-34(35)37-16-24/h13-14,24-26,29-31,36,41,43-44H,2-12,15-22H2,1H3,(H3,35,37,38)/t24-,25-,26+,29+,31-/m1/s1. The van der Waals surface area contributed by atoms with Crippen LogP contribution in [0.4, 0.5) is 0 Å². The molecule has 5 aliphatic heterocycles. The Kier molecular flexibility index (Phi) is 12.8. The summed E-state index contributed by atoms with van der Waals surface area (Å²) in [5, 5.41) is 38.3. The topological polar surface area (TPSA) is 165 Å². The summed E-state index contributed by atoms with van der Waals surface area (Å²) in [6.07, 6.45) is 5.70. The average Bonchev–Trinajstić information content (AvgIpc) is 3.04. The van der Waals surface area contributed by atoms with Crippen molar-refractivity contribution in [1.29, 1.82) is 0 Å². The summed E-state index contributed by atoms with van der Waals surface area (Å²) in [6.45, 7) is 9.77. The van der Waals surface area contributed by atoms with Gasteiger partial charge in [0.15, 0.2) is 17.5 Å². The van der Waals surface area contributed by atoms with Gasteiger partial charge in [-0.05, 0) is 112 Å². The Morgan fingerprint density at radius 2 is 1.83 bits per heavy atom. The van der Waals surface area contributed by atoms with Crippen LogP contribution in [0.15, 0.2) is 17.1 Å². The Hall–Kier alpha value is -2.64. The number of guanidine groups is 1. The molecule has 0 spiro atoms. The molecule has 0 radical (unpaired) electrons. The van der Waals surface area contributed by atoms with Gasteiger partial charge in [0.1, 0.15) is 12.2 Å². The molecule has 5 heterocycles. The number of aliphatic hydroxyl groups excluding tert-OH is 2. The molecule has 12 heteroatoms. The highest BCUT2D eigenvalue weighted by molar-refractivity contribution is 5.77. The lowest BCUT2D eigenvalue weighted by molar-refractivity contribution is -0.148. The summed E-state index contributed by atoms with van der Waals surface area (Å²) >= 11 is 0. The van der Waals surface area contributed by atoms with Crippen molar-refractivity contribution < 1.29 is 29.6 Å². The van der Waals surface area contributed by atoms with Crippen LogP contribution in [0.2, 0.25) is 0 Å². The van der Waals surface area contributed by atoms with E-state index in [1.54, 1.807) is 12.1 Å². The van der Waals surface area contributed by atoms with Crippen molar-refractivity contribution in [3.63, 3.8) is 0 Å². The van der Waals surface area contributed by atoms with Crippen LogP contribution in [0.1, 0.15) is 69.4 Å². The van der Waals surface area contributed by atoms with Gasteiger partial charge in [0.05, 0.1) is 19.4 Å². The molecule has 7 N–H and O–H groups in total. The highest BCUT2D eigenvalue weighted by Crippen LogP contribution is 2.33. The third-order valence-electron chi connectivity index (χ3n) is 10.1. The molecule has 5 aliphatic rings. The molecule has 0 saturated carbocycles. The monoisotopic (exact) mass is 644 g/mol. The molecular formula is C34H56N6O6. The maximum atomic E-state index is 12.0. The van der Waals surface area contributed by atoms with Crippen molar-refractivity contribution in [3.8, 4) is 11.5 Å². The summed E-state index contributed by atoms with van der Waals surface area (Å²) in [5.74, 6) is 2.23. The third-order valence-corrected chi connectivity index (χ3v) is 10.1. The number of piperidine rings is 3. The predicted molar refractivity (Wildman–Crippen MR) is 176 cm³/mol. The lowest BCUT2D eigenvalue weighted by Gasteiger charge is -2.45. The van der Waals surface area contributed by atoms with Gasteiger partial charge >= 0.3 is 5.97 Å². The number of aliphatic hydroxyl groups is 2. The van der Waals surface area contributed by atoms with E-state index < -0.39 is 12.2 Å². The molecule has 2 unspecified atom stereocenters. The molecule has 0 amide bonds. The van der Waals surface area contributed by atoms with E-state index in [0.717, 1.165) is 77.1 Å². The van der Waals surface area contributed by atoms with Gasteiger partial charge in [0.25, 0.3) is 0 Å². The molecule has 7 atom stereocenters. The molecule has 1 aromatic carbocycles. The first-order chi connectivity index (χ1) is 22.2. The van der Waals surface area contributed by atoms with E-state index in [4.69, 9.17) is 15.2 Å². The molecule has 1 aromatic rings. The first kappa shape index (κ1) is 34.7. The van der Waals surface area contributed by atoms with Crippen LogP contribution >= 0.6 is 0 Å². The number of nitrogens with zero attached hydrogens (tertiary/aromatic N) is 3. The van der Waals surface area contributed by atoms with Crippen molar-refractivity contribution in [1.82, 2.24) is 20.4 Å². The number of carbonyl (C=O) groups excluding carboxylic acids is 1. The summed E-state index contributed by atoms with van der Waals surface area (Å²) in [4.78, 5) is 21.7. The molecule has 4 bridgehead atoms. The van der Waals surface area contributed by atoms with Crippen LogP contribution < -0.4 is 21.1 Å². The Balaban J connectivity index is 1.16. The molecule has 12 nitrogen and oxygen atoms in total. The van der Waals surface area contributed by atoms with Crippen LogP contribution in [-0.2, 0) is 22.6 Å². The molecule has 3 fully saturated rings. The number of carbonyl (C=O) groups is 1. The summed E-state index contributed by atoms with van der Waals surface area (Å²) in [5.41, 5.74) is 7.67. The minimum Gasteiger partial charge on any atom is -0.504 e. The second-order valence-electron chi connectivity index (χ2n) is 14.0. The zero-order valence-electron chi connectivity index (χ0n) is 27.5. The highest BCUT2D eigenvalue weighted by atomic mass is 16.5. The molecule has 0 aromatic heterocycles. The fourth-order valence-corrected chi connectivity index (χ4v) is 7.83. The fourth-order valence-electron chi connectivity index (χ4n) is 7.83. The van der Waals surface area contributed by atoms with Crippen molar-refractivity contribution >= 4 is 11.9 Å². The van der Waals surface area contributed by atoms with E-state index in [0.29, 0.717) is 73.9 Å². The van der Waals surface area contributed by atoms with Crippen LogP contribution in [0.25, 0.3) is 0 Å². The van der Waals surface area contributed by atoms with Crippen LogP contribution in [0.5, 0.6) is 11.5 Å². The van der Waals surface area contributed by atoms with Gasteiger partial charge < -0.3 is 46.1 Å². The number of aryl methyl sites for hydroxylation is 1. The quantitative estimate of drug-likeness (QED) is 0.183. The zero-order chi connectivity index (χ0) is 32.5. The molecular weight excluding hydrogens is 588 g/mol. The van der Waals surface area contributed by atoms with E-state index in [9.17, 15) is 20.1 Å². The number of phenols is 1. The van der Waals surface area contributed by atoms with E-state index in [1.807, 2.05) is 0 Å². The number of rotatable bonds is 12. The number of esters is 1. The van der Waals surface area contributed by atoms with Gasteiger partial charge in [-0.25, -0.2) is 4.99 Å². The summed E-state index contributed by atoms with van der Waals surface area (Å²) < 4.78 is 11.8. The second kappa shape index (κ2) is 17.0. The van der Waals surface area contributed by atoms with Gasteiger partial charge in [0, 0.05) is 46.1 Å². The smallest absolute Gasteiger partial charge is 0.302 e. The molecule has 46 heavy (non-hydrogen) atoms. The predicted octanol–water partition coefficient (Wildman–Crippen LogP) is 1.55. The van der Waals surface area contributed by atoms with Crippen molar-refractivity contribution in [2.45, 2.75) is 89.6 Å². The number of hydrogen-bond acceptors (Lipinski definition) is 12. The minimum atomic E-state index is -0.629. The largest absolute Gasteiger partial charge is 0.504 e. The molecule has 3 saturated heterocycles. The number of hydrogen-bond donors (Lipinski definition) is 6. The van der Waals surface area contributed by atoms with Gasteiger partial charge in [-0.1, -0.05) is 0 Å². The minimum absolute atomic E-state index is 0.0118. The Morgan fingerprint density at radius 3 is 2.54 bits per heavy atom. The number of benzene rings is 1. The lowest BCUT2D eigenvalue weighted by atomic mass is 9.84. The Morgan fingerprint density at radius 1 is 1.09 bits per heavy atom.